The average Bonchev–Trinajstić information content (AvgIpc) is 2.84. The van der Waals surface area contributed by atoms with Crippen LogP contribution in [0.1, 0.15) is 37.8 Å². The van der Waals surface area contributed by atoms with Crippen LogP contribution in [0.2, 0.25) is 0 Å². The van der Waals surface area contributed by atoms with Crippen molar-refractivity contribution < 1.29 is 4.79 Å². The summed E-state index contributed by atoms with van der Waals surface area (Å²) in [6, 6.07) is 8.37. The minimum atomic E-state index is -0.277. The Bertz CT molecular complexity index is 603. The van der Waals surface area contributed by atoms with E-state index in [1.807, 2.05) is 0 Å². The Balaban J connectivity index is 2.03. The summed E-state index contributed by atoms with van der Waals surface area (Å²) < 4.78 is 0. The van der Waals surface area contributed by atoms with Crippen molar-refractivity contribution in [2.24, 2.45) is 17.3 Å². The number of carbonyl (C=O) groups is 1. The first-order valence-corrected chi connectivity index (χ1v) is 7.49. The molecule has 0 spiro atoms. The molecule has 0 aromatic heterocycles. The summed E-state index contributed by atoms with van der Waals surface area (Å²) in [5.41, 5.74) is 4.24. The van der Waals surface area contributed by atoms with Gasteiger partial charge in [0.2, 0.25) is 0 Å². The van der Waals surface area contributed by atoms with Crippen LogP contribution in [0.3, 0.4) is 0 Å². The molecule has 2 bridgehead atoms. The molecule has 104 valence electrons. The Kier molecular flexibility index (Phi) is 2.97. The van der Waals surface area contributed by atoms with Crippen LogP contribution in [0, 0.1) is 24.2 Å². The second-order valence-electron chi connectivity index (χ2n) is 6.58. The van der Waals surface area contributed by atoms with Crippen LogP contribution in [0.15, 0.2) is 42.0 Å². The van der Waals surface area contributed by atoms with Crippen LogP contribution in [0.4, 0.5) is 0 Å². The van der Waals surface area contributed by atoms with Gasteiger partial charge in [-0.1, -0.05) is 55.8 Å². The van der Waals surface area contributed by atoms with E-state index in [9.17, 15) is 4.79 Å². The van der Waals surface area contributed by atoms with Crippen LogP contribution in [-0.4, -0.2) is 5.78 Å². The molecule has 0 N–H and O–H groups in total. The largest absolute Gasteiger partial charge is 0.294 e. The average molecular weight is 266 g/mol. The van der Waals surface area contributed by atoms with Gasteiger partial charge >= 0.3 is 0 Å². The summed E-state index contributed by atoms with van der Waals surface area (Å²) in [5, 5.41) is 0. The molecule has 0 radical (unpaired) electrons. The normalized spacial score (nSPS) is 30.8. The van der Waals surface area contributed by atoms with Gasteiger partial charge in [-0.25, -0.2) is 0 Å². The number of hydrogen-bond acceptors (Lipinski definition) is 1. The van der Waals surface area contributed by atoms with Crippen molar-refractivity contribution in [1.82, 2.24) is 0 Å². The number of fused-ring (bicyclic) bond motifs is 2. The fourth-order valence-electron chi connectivity index (χ4n) is 3.97. The molecule has 0 aliphatic heterocycles. The molecular formula is C19H22O. The van der Waals surface area contributed by atoms with Crippen LogP contribution in [0.5, 0.6) is 0 Å². The number of ketones is 1. The van der Waals surface area contributed by atoms with Crippen molar-refractivity contribution in [3.63, 3.8) is 0 Å². The zero-order valence-corrected chi connectivity index (χ0v) is 12.6. The lowest BCUT2D eigenvalue weighted by molar-refractivity contribution is -0.124. The molecule has 0 saturated heterocycles. The first kappa shape index (κ1) is 13.4. The highest BCUT2D eigenvalue weighted by Crippen LogP contribution is 2.61. The van der Waals surface area contributed by atoms with Crippen molar-refractivity contribution in [2.75, 3.05) is 0 Å². The molecule has 2 aliphatic rings. The van der Waals surface area contributed by atoms with Crippen molar-refractivity contribution in [3.05, 3.63) is 53.1 Å². The molecule has 2 unspecified atom stereocenters. The van der Waals surface area contributed by atoms with Gasteiger partial charge < -0.3 is 0 Å². The van der Waals surface area contributed by atoms with Crippen LogP contribution in [0.25, 0.3) is 6.08 Å². The summed E-state index contributed by atoms with van der Waals surface area (Å²) in [4.78, 5) is 12.9. The molecular weight excluding hydrogens is 244 g/mol. The van der Waals surface area contributed by atoms with Crippen LogP contribution < -0.4 is 0 Å². The van der Waals surface area contributed by atoms with E-state index in [0.717, 1.165) is 29.6 Å². The highest BCUT2D eigenvalue weighted by molar-refractivity contribution is 6.10. The maximum absolute atomic E-state index is 12.9. The van der Waals surface area contributed by atoms with E-state index in [4.69, 9.17) is 0 Å². The van der Waals surface area contributed by atoms with Crippen molar-refractivity contribution in [3.8, 4) is 0 Å². The van der Waals surface area contributed by atoms with Gasteiger partial charge in [-0.2, -0.15) is 0 Å². The SMILES string of the molecule is C=C1C2CCC1(C(C)C)C(=O)/C2=C/c1ccc(C)cc1. The second kappa shape index (κ2) is 4.44. The topological polar surface area (TPSA) is 17.1 Å². The standard InChI is InChI=1S/C19H22O/c1-12(2)19-10-9-16(14(19)4)17(18(19)20)11-15-7-5-13(3)6-8-15/h5-8,11-12,16H,4,9-10H2,1-3H3/b17-11+. The Labute approximate surface area is 121 Å². The minimum Gasteiger partial charge on any atom is -0.294 e. The predicted octanol–water partition coefficient (Wildman–Crippen LogP) is 4.57. The van der Waals surface area contributed by atoms with Gasteiger partial charge in [-0.15, -0.1) is 0 Å². The Morgan fingerprint density at radius 1 is 1.30 bits per heavy atom. The summed E-state index contributed by atoms with van der Waals surface area (Å²) in [6.45, 7) is 10.7. The van der Waals surface area contributed by atoms with Gasteiger partial charge in [0, 0.05) is 11.5 Å². The smallest absolute Gasteiger partial charge is 0.169 e. The fraction of sp³-hybridized carbons (Fsp3) is 0.421. The predicted molar refractivity (Wildman–Crippen MR) is 83.3 cm³/mol. The molecule has 1 heteroatoms. The molecule has 2 fully saturated rings. The maximum atomic E-state index is 12.9. The van der Waals surface area contributed by atoms with Gasteiger partial charge in [0.25, 0.3) is 0 Å². The highest BCUT2D eigenvalue weighted by Gasteiger charge is 2.58. The van der Waals surface area contributed by atoms with E-state index in [0.29, 0.717) is 11.7 Å². The number of Topliss-reactive ketones (excluding diaryl/α,β-unsaturated/α-hetero) is 1. The van der Waals surface area contributed by atoms with Gasteiger partial charge in [0.1, 0.15) is 0 Å². The molecule has 0 amide bonds. The van der Waals surface area contributed by atoms with Gasteiger partial charge in [0.15, 0.2) is 5.78 Å². The Morgan fingerprint density at radius 3 is 2.50 bits per heavy atom. The minimum absolute atomic E-state index is 0.277. The number of rotatable bonds is 2. The number of carbonyl (C=O) groups excluding carboxylic acids is 1. The quantitative estimate of drug-likeness (QED) is 0.566. The van der Waals surface area contributed by atoms with E-state index >= 15 is 0 Å². The lowest BCUT2D eigenvalue weighted by Crippen LogP contribution is -2.32. The van der Waals surface area contributed by atoms with E-state index in [2.05, 4.69) is 57.7 Å². The molecule has 2 atom stereocenters. The Hall–Kier alpha value is -1.63. The molecule has 1 nitrogen and oxygen atoms in total. The number of benzene rings is 1. The van der Waals surface area contributed by atoms with E-state index < -0.39 is 0 Å². The van der Waals surface area contributed by atoms with Gasteiger partial charge in [-0.05, 0) is 37.3 Å². The van der Waals surface area contributed by atoms with Crippen molar-refractivity contribution in [2.45, 2.75) is 33.6 Å². The summed E-state index contributed by atoms with van der Waals surface area (Å²) in [5.74, 6) is 0.956. The molecule has 1 aromatic rings. The van der Waals surface area contributed by atoms with E-state index in [1.165, 1.54) is 5.56 Å². The zero-order chi connectivity index (χ0) is 14.5. The fourth-order valence-corrected chi connectivity index (χ4v) is 3.97. The molecule has 0 heterocycles. The number of hydrogen-bond donors (Lipinski definition) is 0. The van der Waals surface area contributed by atoms with Gasteiger partial charge in [-0.3, -0.25) is 4.79 Å². The molecule has 2 saturated carbocycles. The summed E-state index contributed by atoms with van der Waals surface area (Å²) >= 11 is 0. The van der Waals surface area contributed by atoms with Crippen LogP contribution in [-0.2, 0) is 4.79 Å². The van der Waals surface area contributed by atoms with Crippen LogP contribution >= 0.6 is 0 Å². The molecule has 3 rings (SSSR count). The monoisotopic (exact) mass is 266 g/mol. The van der Waals surface area contributed by atoms with Crippen molar-refractivity contribution in [1.29, 1.82) is 0 Å². The van der Waals surface area contributed by atoms with Crippen molar-refractivity contribution >= 4 is 11.9 Å². The molecule has 1 aromatic carbocycles. The summed E-state index contributed by atoms with van der Waals surface area (Å²) in [6.07, 6.45) is 4.15. The Morgan fingerprint density at radius 2 is 1.95 bits per heavy atom. The molecule has 2 aliphatic carbocycles. The number of allylic oxidation sites excluding steroid dienone is 2. The zero-order valence-electron chi connectivity index (χ0n) is 12.6. The lowest BCUT2D eigenvalue weighted by atomic mass is 9.71. The third-order valence-electron chi connectivity index (χ3n) is 5.25. The summed E-state index contributed by atoms with van der Waals surface area (Å²) in [7, 11) is 0. The highest BCUT2D eigenvalue weighted by atomic mass is 16.1. The second-order valence-corrected chi connectivity index (χ2v) is 6.58. The van der Waals surface area contributed by atoms with E-state index in [1.54, 1.807) is 0 Å². The third-order valence-corrected chi connectivity index (χ3v) is 5.25. The number of aryl methyl sites for hydroxylation is 1. The van der Waals surface area contributed by atoms with E-state index in [-0.39, 0.29) is 11.3 Å². The lowest BCUT2D eigenvalue weighted by Gasteiger charge is -2.30. The maximum Gasteiger partial charge on any atom is 0.169 e. The molecule has 20 heavy (non-hydrogen) atoms. The first-order chi connectivity index (χ1) is 9.46. The third kappa shape index (κ3) is 1.65. The first-order valence-electron chi connectivity index (χ1n) is 7.49. The van der Waals surface area contributed by atoms with Gasteiger partial charge in [0.05, 0.1) is 5.41 Å².